The van der Waals surface area contributed by atoms with Gasteiger partial charge >= 0.3 is 6.09 Å². The molecule has 0 N–H and O–H groups in total. The third-order valence-corrected chi connectivity index (χ3v) is 4.02. The van der Waals surface area contributed by atoms with E-state index >= 15 is 0 Å². The molecule has 2 rings (SSSR count). The van der Waals surface area contributed by atoms with Gasteiger partial charge in [0.25, 0.3) is 5.92 Å². The maximum Gasteiger partial charge on any atom is 0.410 e. The Bertz CT molecular complexity index is 785. The number of likely N-dealkylation sites (tertiary alicyclic amines) is 1. The van der Waals surface area contributed by atoms with E-state index in [2.05, 4.69) is 11.8 Å². The molecule has 0 bridgehead atoms. The van der Waals surface area contributed by atoms with Gasteiger partial charge in [0.1, 0.15) is 5.60 Å². The van der Waals surface area contributed by atoms with Crippen molar-refractivity contribution in [3.05, 3.63) is 46.0 Å². The molecule has 1 aromatic rings. The van der Waals surface area contributed by atoms with Gasteiger partial charge in [0.2, 0.25) is 0 Å². The predicted molar refractivity (Wildman–Crippen MR) is 98.4 cm³/mol. The van der Waals surface area contributed by atoms with Crippen molar-refractivity contribution in [1.82, 2.24) is 4.90 Å². The van der Waals surface area contributed by atoms with Crippen LogP contribution in [0.1, 0.15) is 39.7 Å². The summed E-state index contributed by atoms with van der Waals surface area (Å²) in [6, 6.07) is 6.91. The topological polar surface area (TPSA) is 29.5 Å². The zero-order valence-corrected chi connectivity index (χ0v) is 16.1. The van der Waals surface area contributed by atoms with Crippen LogP contribution in [0.2, 0.25) is 5.02 Å². The van der Waals surface area contributed by atoms with Crippen LogP contribution in [0, 0.1) is 11.8 Å². The van der Waals surface area contributed by atoms with Gasteiger partial charge in [-0.1, -0.05) is 29.5 Å². The SMILES string of the molecule is CC(C#Cc1cccc(Cl)c1)=C1CCN(C(=O)OC(C)(C)C)CC1(F)F. The van der Waals surface area contributed by atoms with Crippen molar-refractivity contribution in [1.29, 1.82) is 0 Å². The van der Waals surface area contributed by atoms with Gasteiger partial charge < -0.3 is 9.64 Å². The van der Waals surface area contributed by atoms with Crippen LogP contribution in [0.15, 0.2) is 35.4 Å². The largest absolute Gasteiger partial charge is 0.444 e. The second-order valence-corrected chi connectivity index (χ2v) is 7.66. The lowest BCUT2D eigenvalue weighted by atomic mass is 9.95. The van der Waals surface area contributed by atoms with E-state index in [1.54, 1.807) is 52.0 Å². The Hall–Kier alpha value is -2.06. The van der Waals surface area contributed by atoms with Crippen LogP contribution < -0.4 is 0 Å². The van der Waals surface area contributed by atoms with Crippen molar-refractivity contribution >= 4 is 17.7 Å². The number of piperidine rings is 1. The molecule has 1 aliphatic rings. The third-order valence-electron chi connectivity index (χ3n) is 3.79. The number of carbonyl (C=O) groups is 1. The first-order valence-corrected chi connectivity index (χ1v) is 8.69. The van der Waals surface area contributed by atoms with E-state index in [1.165, 1.54) is 0 Å². The van der Waals surface area contributed by atoms with Gasteiger partial charge in [0, 0.05) is 28.3 Å². The highest BCUT2D eigenvalue weighted by molar-refractivity contribution is 6.30. The quantitative estimate of drug-likeness (QED) is 0.572. The van der Waals surface area contributed by atoms with Crippen molar-refractivity contribution in [2.24, 2.45) is 0 Å². The van der Waals surface area contributed by atoms with Crippen LogP contribution in [0.25, 0.3) is 0 Å². The molecule has 0 aliphatic carbocycles. The minimum absolute atomic E-state index is 0.0353. The molecule has 1 fully saturated rings. The lowest BCUT2D eigenvalue weighted by Gasteiger charge is -2.35. The zero-order valence-electron chi connectivity index (χ0n) is 15.3. The summed E-state index contributed by atoms with van der Waals surface area (Å²) in [4.78, 5) is 13.1. The van der Waals surface area contributed by atoms with Gasteiger partial charge in [-0.25, -0.2) is 4.79 Å². The molecule has 1 heterocycles. The maximum absolute atomic E-state index is 14.6. The highest BCUT2D eigenvalue weighted by Crippen LogP contribution is 2.35. The molecule has 0 aromatic heterocycles. The lowest BCUT2D eigenvalue weighted by Crippen LogP contribution is -2.49. The second kappa shape index (κ2) is 7.67. The van der Waals surface area contributed by atoms with Gasteiger partial charge in [-0.3, -0.25) is 0 Å². The van der Waals surface area contributed by atoms with Crippen molar-refractivity contribution in [3.8, 4) is 11.8 Å². The molecule has 1 aliphatic heterocycles. The number of hydrogen-bond acceptors (Lipinski definition) is 2. The Morgan fingerprint density at radius 3 is 2.62 bits per heavy atom. The summed E-state index contributed by atoms with van der Waals surface area (Å²) in [5, 5.41) is 0.540. The third kappa shape index (κ3) is 5.47. The van der Waals surface area contributed by atoms with Gasteiger partial charge in [0.05, 0.1) is 6.54 Å². The molecular formula is C20H22ClF2NO2. The average Bonchev–Trinajstić information content (AvgIpc) is 2.50. The molecule has 6 heteroatoms. The van der Waals surface area contributed by atoms with Crippen molar-refractivity contribution in [2.45, 2.75) is 45.6 Å². The molecule has 140 valence electrons. The first-order valence-electron chi connectivity index (χ1n) is 8.31. The Kier molecular flexibility index (Phi) is 5.98. The number of rotatable bonds is 0. The predicted octanol–water partition coefficient (Wildman–Crippen LogP) is 5.28. The van der Waals surface area contributed by atoms with Crippen LogP contribution in [-0.4, -0.2) is 35.6 Å². The summed E-state index contributed by atoms with van der Waals surface area (Å²) in [6.45, 7) is 6.16. The zero-order chi connectivity index (χ0) is 19.5. The number of benzene rings is 1. The number of hydrogen-bond donors (Lipinski definition) is 0. The summed E-state index contributed by atoms with van der Waals surface area (Å²) in [6.07, 6.45) is -0.665. The summed E-state index contributed by atoms with van der Waals surface area (Å²) >= 11 is 5.90. The van der Waals surface area contributed by atoms with E-state index in [0.29, 0.717) is 16.2 Å². The summed E-state index contributed by atoms with van der Waals surface area (Å²) in [5.41, 5.74) is 0.221. The fourth-order valence-corrected chi connectivity index (χ4v) is 2.79. The van der Waals surface area contributed by atoms with E-state index < -0.39 is 24.2 Å². The molecule has 0 radical (unpaired) electrons. The van der Waals surface area contributed by atoms with Gasteiger partial charge in [0.15, 0.2) is 0 Å². The number of alkyl halides is 2. The fraction of sp³-hybridized carbons (Fsp3) is 0.450. The minimum atomic E-state index is -3.14. The smallest absolute Gasteiger partial charge is 0.410 e. The van der Waals surface area contributed by atoms with Crippen LogP contribution >= 0.6 is 11.6 Å². The Morgan fingerprint density at radius 2 is 2.04 bits per heavy atom. The monoisotopic (exact) mass is 381 g/mol. The van der Waals surface area contributed by atoms with Crippen molar-refractivity contribution in [3.63, 3.8) is 0 Å². The highest BCUT2D eigenvalue weighted by atomic mass is 35.5. The number of carbonyl (C=O) groups excluding carboxylic acids is 1. The van der Waals surface area contributed by atoms with Gasteiger partial charge in [-0.15, -0.1) is 0 Å². The molecule has 0 spiro atoms. The highest BCUT2D eigenvalue weighted by Gasteiger charge is 2.43. The number of amides is 1. The van der Waals surface area contributed by atoms with Crippen molar-refractivity contribution < 1.29 is 18.3 Å². The molecule has 0 saturated carbocycles. The van der Waals surface area contributed by atoms with E-state index in [9.17, 15) is 13.6 Å². The first-order chi connectivity index (χ1) is 12.0. The lowest BCUT2D eigenvalue weighted by molar-refractivity contribution is -0.0350. The summed E-state index contributed by atoms with van der Waals surface area (Å²) in [5.74, 6) is 2.51. The number of allylic oxidation sites excluding steroid dienone is 1. The standard InChI is InChI=1S/C20H22ClF2NO2/c1-14(8-9-15-6-5-7-16(21)12-15)17-10-11-24(13-20(17,22)23)18(25)26-19(2,3)4/h5-7,12H,10-11,13H2,1-4H3. The van der Waals surface area contributed by atoms with Gasteiger partial charge in [-0.05, 0) is 52.3 Å². The summed E-state index contributed by atoms with van der Waals surface area (Å²) in [7, 11) is 0. The molecule has 3 nitrogen and oxygen atoms in total. The number of nitrogens with zero attached hydrogens (tertiary/aromatic N) is 1. The van der Waals surface area contributed by atoms with E-state index in [4.69, 9.17) is 16.3 Å². The van der Waals surface area contributed by atoms with E-state index in [0.717, 1.165) is 4.90 Å². The van der Waals surface area contributed by atoms with Gasteiger partial charge in [-0.2, -0.15) is 8.78 Å². The fourth-order valence-electron chi connectivity index (χ4n) is 2.60. The molecule has 26 heavy (non-hydrogen) atoms. The van der Waals surface area contributed by atoms with Crippen LogP contribution in [0.5, 0.6) is 0 Å². The summed E-state index contributed by atoms with van der Waals surface area (Å²) < 4.78 is 34.3. The van der Waals surface area contributed by atoms with E-state index in [1.807, 2.05) is 0 Å². The molecule has 1 saturated heterocycles. The normalized spacial score (nSPS) is 18.7. The number of halogens is 3. The molecule has 0 unspecified atom stereocenters. The molecule has 1 amide bonds. The first kappa shape index (κ1) is 20.3. The minimum Gasteiger partial charge on any atom is -0.444 e. The Morgan fingerprint density at radius 1 is 1.35 bits per heavy atom. The van der Waals surface area contributed by atoms with Crippen molar-refractivity contribution in [2.75, 3.05) is 13.1 Å². The second-order valence-electron chi connectivity index (χ2n) is 7.22. The maximum atomic E-state index is 14.6. The Balaban J connectivity index is 2.17. The molecule has 0 atom stereocenters. The number of ether oxygens (including phenoxy) is 1. The average molecular weight is 382 g/mol. The van der Waals surface area contributed by atoms with Crippen LogP contribution in [0.4, 0.5) is 13.6 Å². The van der Waals surface area contributed by atoms with E-state index in [-0.39, 0.29) is 18.5 Å². The molecule has 1 aromatic carbocycles. The van der Waals surface area contributed by atoms with Crippen LogP contribution in [-0.2, 0) is 4.74 Å². The van der Waals surface area contributed by atoms with Crippen LogP contribution in [0.3, 0.4) is 0 Å². The molecular weight excluding hydrogens is 360 g/mol. The Labute approximate surface area is 158 Å².